The molecule has 0 unspecified atom stereocenters. The fourth-order valence-electron chi connectivity index (χ4n) is 4.93. The maximum Gasteiger partial charge on any atom is 0.284 e. The summed E-state index contributed by atoms with van der Waals surface area (Å²) in [5, 5.41) is 3.45. The number of rotatable bonds is 8. The third-order valence-corrected chi connectivity index (χ3v) is 6.80. The van der Waals surface area contributed by atoms with Gasteiger partial charge < -0.3 is 9.47 Å². The molecule has 1 saturated carbocycles. The van der Waals surface area contributed by atoms with Gasteiger partial charge in [-0.15, -0.1) is 0 Å². The molecule has 4 aliphatic rings. The van der Waals surface area contributed by atoms with Crippen molar-refractivity contribution in [2.45, 2.75) is 51.5 Å². The molecule has 3 aliphatic heterocycles. The fraction of sp³-hybridized carbons (Fsp3) is 0.560. The number of benzene rings is 1. The summed E-state index contributed by atoms with van der Waals surface area (Å²) in [6.07, 6.45) is 6.00. The lowest BCUT2D eigenvalue weighted by atomic mass is 10.1. The Balaban J connectivity index is 1.28. The highest BCUT2D eigenvalue weighted by atomic mass is 16.5. The molecule has 1 aromatic carbocycles. The number of ether oxygens (including phenoxy) is 2. The number of H-pyrrole nitrogens is 1. The van der Waals surface area contributed by atoms with E-state index in [4.69, 9.17) is 14.5 Å². The molecule has 0 radical (unpaired) electrons. The summed E-state index contributed by atoms with van der Waals surface area (Å²) in [4.78, 5) is 24.4. The van der Waals surface area contributed by atoms with Crippen molar-refractivity contribution in [1.82, 2.24) is 24.6 Å². The first kappa shape index (κ1) is 22.1. The molecule has 1 aliphatic carbocycles. The number of morpholine rings is 1. The second kappa shape index (κ2) is 10.1. The van der Waals surface area contributed by atoms with E-state index in [2.05, 4.69) is 26.6 Å². The quantitative estimate of drug-likeness (QED) is 0.567. The van der Waals surface area contributed by atoms with Crippen LogP contribution >= 0.6 is 0 Å². The van der Waals surface area contributed by atoms with E-state index >= 15 is 0 Å². The highest BCUT2D eigenvalue weighted by Crippen LogP contribution is 2.33. The highest BCUT2D eigenvalue weighted by Gasteiger charge is 2.27. The van der Waals surface area contributed by atoms with Crippen LogP contribution in [0.5, 0.6) is 5.75 Å². The van der Waals surface area contributed by atoms with Gasteiger partial charge in [0.2, 0.25) is 0 Å². The Hall–Kier alpha value is -2.71. The maximum absolute atomic E-state index is 12.9. The molecule has 2 fully saturated rings. The molecule has 5 rings (SSSR count). The molecule has 0 bridgehead atoms. The Kier molecular flexibility index (Phi) is 6.73. The van der Waals surface area contributed by atoms with Gasteiger partial charge in [0, 0.05) is 31.7 Å². The van der Waals surface area contributed by atoms with E-state index in [9.17, 15) is 4.79 Å². The van der Waals surface area contributed by atoms with Gasteiger partial charge in [0.25, 0.3) is 5.56 Å². The molecule has 0 atom stereocenters. The monoisotopic (exact) mass is 451 g/mol. The first-order chi connectivity index (χ1) is 16.2. The minimum absolute atomic E-state index is 0.178. The van der Waals surface area contributed by atoms with Crippen LogP contribution in [0.1, 0.15) is 55.7 Å². The van der Waals surface area contributed by atoms with Crippen LogP contribution in [-0.4, -0.2) is 64.1 Å². The van der Waals surface area contributed by atoms with Gasteiger partial charge in [-0.25, -0.2) is 4.98 Å². The molecule has 0 amide bonds. The minimum Gasteiger partial charge on any atom is -0.492 e. The number of hydrogen-bond acceptors (Lipinski definition) is 6. The zero-order valence-corrected chi connectivity index (χ0v) is 19.4. The highest BCUT2D eigenvalue weighted by molar-refractivity contribution is 5.59. The normalized spacial score (nSPS) is 17.7. The van der Waals surface area contributed by atoms with E-state index < -0.39 is 0 Å². The summed E-state index contributed by atoms with van der Waals surface area (Å²) in [6, 6.07) is 8.41. The van der Waals surface area contributed by atoms with Gasteiger partial charge in [0.05, 0.1) is 19.3 Å². The van der Waals surface area contributed by atoms with E-state index in [-0.39, 0.29) is 5.56 Å². The third kappa shape index (κ3) is 4.96. The van der Waals surface area contributed by atoms with Crippen molar-refractivity contribution in [2.75, 3.05) is 39.5 Å². The summed E-state index contributed by atoms with van der Waals surface area (Å²) < 4.78 is 13.4. The second-order valence-electron chi connectivity index (χ2n) is 9.02. The molecule has 0 spiro atoms. The average molecular weight is 452 g/mol. The SMILES string of the molecule is CCc1[nH]n(C2CCCC2)c2nc(Cc3ccc(OCCN4CCOCC4)cc3)nc(=O)c1-2. The van der Waals surface area contributed by atoms with Gasteiger partial charge in [0.1, 0.15) is 23.7 Å². The molecule has 3 heterocycles. The number of aryl methyl sites for hydroxylation is 1. The Morgan fingerprint density at radius 3 is 2.61 bits per heavy atom. The molecule has 1 N–H and O–H groups in total. The minimum atomic E-state index is -0.178. The smallest absolute Gasteiger partial charge is 0.284 e. The van der Waals surface area contributed by atoms with Crippen LogP contribution in [0.25, 0.3) is 11.4 Å². The van der Waals surface area contributed by atoms with Crippen LogP contribution in [0.4, 0.5) is 0 Å². The topological polar surface area (TPSA) is 85.3 Å². The fourth-order valence-corrected chi connectivity index (χ4v) is 4.93. The van der Waals surface area contributed by atoms with Crippen molar-refractivity contribution >= 4 is 0 Å². The first-order valence-electron chi connectivity index (χ1n) is 12.2. The van der Waals surface area contributed by atoms with Gasteiger partial charge in [-0.05, 0) is 37.0 Å². The van der Waals surface area contributed by atoms with Crippen molar-refractivity contribution in [2.24, 2.45) is 0 Å². The molecular weight excluding hydrogens is 418 g/mol. The summed E-state index contributed by atoms with van der Waals surface area (Å²) >= 11 is 0. The molecule has 0 aromatic heterocycles. The van der Waals surface area contributed by atoms with Crippen molar-refractivity contribution in [3.63, 3.8) is 0 Å². The number of fused-ring (bicyclic) bond motifs is 1. The van der Waals surface area contributed by atoms with Crippen molar-refractivity contribution in [1.29, 1.82) is 0 Å². The molecule has 1 aromatic rings. The number of nitrogens with zero attached hydrogens (tertiary/aromatic N) is 4. The Bertz CT molecular complexity index is 1080. The lowest BCUT2D eigenvalue weighted by Crippen LogP contribution is -2.38. The second-order valence-corrected chi connectivity index (χ2v) is 9.02. The van der Waals surface area contributed by atoms with Crippen LogP contribution in [-0.2, 0) is 17.6 Å². The summed E-state index contributed by atoms with van der Waals surface area (Å²) in [5.74, 6) is 2.18. The zero-order chi connectivity index (χ0) is 22.6. The van der Waals surface area contributed by atoms with Gasteiger partial charge in [-0.3, -0.25) is 19.5 Å². The van der Waals surface area contributed by atoms with Crippen molar-refractivity contribution < 1.29 is 9.47 Å². The van der Waals surface area contributed by atoms with Crippen LogP contribution in [0.2, 0.25) is 0 Å². The predicted octanol–water partition coefficient (Wildman–Crippen LogP) is 3.05. The van der Waals surface area contributed by atoms with Crippen molar-refractivity contribution in [3.05, 3.63) is 51.7 Å². The van der Waals surface area contributed by atoms with E-state index in [1.54, 1.807) is 0 Å². The average Bonchev–Trinajstić information content (AvgIpc) is 3.49. The predicted molar refractivity (Wildman–Crippen MR) is 126 cm³/mol. The standard InChI is InChI=1S/C25H33N5O3/c1-2-21-23-24(30(28-21)19-5-3-4-6-19)26-22(27-25(23)31)17-18-7-9-20(10-8-18)33-16-13-29-11-14-32-15-12-29/h7-10,19,28H,2-6,11-17H2,1H3. The van der Waals surface area contributed by atoms with E-state index in [1.807, 2.05) is 24.3 Å². The van der Waals surface area contributed by atoms with Crippen LogP contribution in [0.15, 0.2) is 29.1 Å². The molecule has 8 heteroatoms. The van der Waals surface area contributed by atoms with Gasteiger partial charge in [0.15, 0.2) is 5.82 Å². The molecule has 33 heavy (non-hydrogen) atoms. The maximum atomic E-state index is 12.9. The lowest BCUT2D eigenvalue weighted by Gasteiger charge is -2.26. The van der Waals surface area contributed by atoms with E-state index in [0.717, 1.165) is 74.9 Å². The number of nitrogens with one attached hydrogen (secondary N) is 1. The van der Waals surface area contributed by atoms with Crippen LogP contribution in [0, 0.1) is 0 Å². The van der Waals surface area contributed by atoms with Crippen LogP contribution in [0.3, 0.4) is 0 Å². The lowest BCUT2D eigenvalue weighted by molar-refractivity contribution is 0.0322. The largest absolute Gasteiger partial charge is 0.492 e. The molecule has 176 valence electrons. The number of aromatic amines is 1. The molecule has 8 nitrogen and oxygen atoms in total. The zero-order valence-electron chi connectivity index (χ0n) is 19.4. The van der Waals surface area contributed by atoms with E-state index in [1.165, 1.54) is 12.8 Å². The van der Waals surface area contributed by atoms with Crippen LogP contribution < -0.4 is 10.3 Å². The Morgan fingerprint density at radius 2 is 1.88 bits per heavy atom. The summed E-state index contributed by atoms with van der Waals surface area (Å²) in [5.41, 5.74) is 2.47. The summed E-state index contributed by atoms with van der Waals surface area (Å²) in [6.45, 7) is 7.16. The Labute approximate surface area is 194 Å². The number of hydrogen-bond donors (Lipinski definition) is 1. The molecular formula is C25H33N5O3. The number of aromatic nitrogens is 4. The Morgan fingerprint density at radius 1 is 1.12 bits per heavy atom. The van der Waals surface area contributed by atoms with Gasteiger partial charge >= 0.3 is 0 Å². The third-order valence-electron chi connectivity index (χ3n) is 6.80. The van der Waals surface area contributed by atoms with Gasteiger partial charge in [-0.2, -0.15) is 4.98 Å². The summed E-state index contributed by atoms with van der Waals surface area (Å²) in [7, 11) is 0. The molecule has 1 saturated heterocycles. The van der Waals surface area contributed by atoms with Crippen molar-refractivity contribution in [3.8, 4) is 17.1 Å². The first-order valence-corrected chi connectivity index (χ1v) is 12.2. The van der Waals surface area contributed by atoms with Gasteiger partial charge in [-0.1, -0.05) is 31.9 Å². The van der Waals surface area contributed by atoms with E-state index in [0.29, 0.717) is 30.5 Å².